The number of ether oxygens (including phenoxy) is 4. The summed E-state index contributed by atoms with van der Waals surface area (Å²) in [6.45, 7) is 4.01. The van der Waals surface area contributed by atoms with E-state index in [1.54, 1.807) is 37.3 Å². The maximum absolute atomic E-state index is 12.1. The average molecular weight is 511 g/mol. The highest BCUT2D eigenvalue weighted by Gasteiger charge is 2.26. The first-order chi connectivity index (χ1) is 14.0. The second-order valence-electron chi connectivity index (χ2n) is 5.67. The van der Waals surface area contributed by atoms with Crippen LogP contribution in [0.2, 0.25) is 0 Å². The van der Waals surface area contributed by atoms with Gasteiger partial charge in [0.1, 0.15) is 0 Å². The van der Waals surface area contributed by atoms with Gasteiger partial charge in [-0.3, -0.25) is 0 Å². The van der Waals surface area contributed by atoms with Crippen LogP contribution in [0.4, 0.5) is 0 Å². The molecule has 1 aliphatic rings. The average Bonchev–Trinajstić information content (AvgIpc) is 3.32. The Hall–Kier alpha value is -2.82. The number of halogens is 1. The Morgan fingerprint density at radius 2 is 2.07 bits per heavy atom. The van der Waals surface area contributed by atoms with Crippen molar-refractivity contribution in [2.24, 2.45) is 4.99 Å². The van der Waals surface area contributed by atoms with Crippen LogP contribution in [0, 0.1) is 3.57 Å². The maximum Gasteiger partial charge on any atom is 0.363 e. The topological polar surface area (TPSA) is 96.6 Å². The molecular weight excluding hydrogens is 493 g/mol. The van der Waals surface area contributed by atoms with Gasteiger partial charge in [0.05, 0.1) is 23.0 Å². The molecule has 1 aromatic carbocycles. The zero-order valence-corrected chi connectivity index (χ0v) is 17.9. The van der Waals surface area contributed by atoms with Crippen molar-refractivity contribution in [3.63, 3.8) is 0 Å². The molecule has 29 heavy (non-hydrogen) atoms. The molecule has 0 N–H and O–H groups in total. The van der Waals surface area contributed by atoms with E-state index in [0.29, 0.717) is 33.0 Å². The number of furan rings is 1. The Morgan fingerprint density at radius 1 is 1.24 bits per heavy atom. The van der Waals surface area contributed by atoms with Crippen LogP contribution < -0.4 is 9.47 Å². The summed E-state index contributed by atoms with van der Waals surface area (Å²) in [5, 5.41) is 0. The van der Waals surface area contributed by atoms with Crippen molar-refractivity contribution in [1.29, 1.82) is 0 Å². The molecule has 0 saturated heterocycles. The summed E-state index contributed by atoms with van der Waals surface area (Å²) >= 11 is 2.07. The molecule has 0 amide bonds. The highest BCUT2D eigenvalue weighted by Crippen LogP contribution is 2.35. The van der Waals surface area contributed by atoms with Crippen LogP contribution in [0.1, 0.15) is 25.2 Å². The number of benzene rings is 1. The fourth-order valence-electron chi connectivity index (χ4n) is 2.48. The molecule has 3 rings (SSSR count). The minimum Gasteiger partial charge on any atom is -0.490 e. The summed E-state index contributed by atoms with van der Waals surface area (Å²) in [5.74, 6) is 0.306. The van der Waals surface area contributed by atoms with E-state index >= 15 is 0 Å². The summed E-state index contributed by atoms with van der Waals surface area (Å²) in [6.07, 6.45) is 3.05. The van der Waals surface area contributed by atoms with Gasteiger partial charge in [0.15, 0.2) is 29.6 Å². The van der Waals surface area contributed by atoms with Gasteiger partial charge in [-0.05, 0) is 72.3 Å². The van der Waals surface area contributed by atoms with E-state index in [0.717, 1.165) is 0 Å². The Bertz CT molecular complexity index is 963. The molecule has 0 aliphatic carbocycles. The Labute approximate surface area is 180 Å². The second-order valence-corrected chi connectivity index (χ2v) is 6.83. The maximum atomic E-state index is 12.1. The lowest BCUT2D eigenvalue weighted by atomic mass is 10.1. The van der Waals surface area contributed by atoms with E-state index < -0.39 is 11.9 Å². The first-order valence-corrected chi connectivity index (χ1v) is 9.90. The van der Waals surface area contributed by atoms with Crippen LogP contribution in [-0.2, 0) is 19.1 Å². The summed E-state index contributed by atoms with van der Waals surface area (Å²) in [7, 11) is 0. The SMILES string of the molecule is CCOC(=O)COc1c(I)cc(C=C2N=C(c3ccco3)OC2=O)cc1OCC. The van der Waals surface area contributed by atoms with E-state index in [1.165, 1.54) is 6.26 Å². The van der Waals surface area contributed by atoms with Gasteiger partial charge in [-0.2, -0.15) is 0 Å². The lowest BCUT2D eigenvalue weighted by molar-refractivity contribution is -0.145. The normalized spacial score (nSPS) is 14.5. The Kier molecular flexibility index (Phi) is 6.91. The van der Waals surface area contributed by atoms with Crippen molar-refractivity contribution < 1.29 is 33.0 Å². The second kappa shape index (κ2) is 9.59. The van der Waals surface area contributed by atoms with Gasteiger partial charge in [0.25, 0.3) is 5.90 Å². The zero-order chi connectivity index (χ0) is 20.8. The largest absolute Gasteiger partial charge is 0.490 e. The van der Waals surface area contributed by atoms with Crippen molar-refractivity contribution in [2.75, 3.05) is 19.8 Å². The Balaban J connectivity index is 1.87. The van der Waals surface area contributed by atoms with Crippen LogP contribution >= 0.6 is 22.6 Å². The van der Waals surface area contributed by atoms with E-state index in [-0.39, 0.29) is 24.8 Å². The van der Waals surface area contributed by atoms with Crippen LogP contribution in [0.5, 0.6) is 11.5 Å². The predicted molar refractivity (Wildman–Crippen MR) is 112 cm³/mol. The van der Waals surface area contributed by atoms with Gasteiger partial charge in [-0.1, -0.05) is 0 Å². The lowest BCUT2D eigenvalue weighted by Gasteiger charge is -2.14. The molecule has 9 heteroatoms. The van der Waals surface area contributed by atoms with Crippen molar-refractivity contribution in [3.05, 3.63) is 51.1 Å². The van der Waals surface area contributed by atoms with Gasteiger partial charge in [-0.15, -0.1) is 0 Å². The molecule has 2 aromatic rings. The third-order valence-corrected chi connectivity index (χ3v) is 4.43. The van der Waals surface area contributed by atoms with E-state index in [1.807, 2.05) is 6.92 Å². The molecule has 0 spiro atoms. The molecule has 8 nitrogen and oxygen atoms in total. The number of esters is 2. The van der Waals surface area contributed by atoms with Crippen LogP contribution in [-0.4, -0.2) is 37.7 Å². The van der Waals surface area contributed by atoms with Crippen LogP contribution in [0.3, 0.4) is 0 Å². The third kappa shape index (κ3) is 5.17. The summed E-state index contributed by atoms with van der Waals surface area (Å²) in [6, 6.07) is 6.82. The number of hydrogen-bond donors (Lipinski definition) is 0. The highest BCUT2D eigenvalue weighted by molar-refractivity contribution is 14.1. The van der Waals surface area contributed by atoms with E-state index in [9.17, 15) is 9.59 Å². The van der Waals surface area contributed by atoms with Crippen molar-refractivity contribution in [3.8, 4) is 11.5 Å². The van der Waals surface area contributed by atoms with Gasteiger partial charge in [0.2, 0.25) is 0 Å². The van der Waals surface area contributed by atoms with Crippen molar-refractivity contribution in [2.45, 2.75) is 13.8 Å². The first-order valence-electron chi connectivity index (χ1n) is 8.83. The number of carbonyl (C=O) groups is 2. The number of aliphatic imine (C=N–C) groups is 1. The molecule has 0 fully saturated rings. The Morgan fingerprint density at radius 3 is 2.76 bits per heavy atom. The molecule has 1 aliphatic heterocycles. The minimum absolute atomic E-state index is 0.111. The summed E-state index contributed by atoms with van der Waals surface area (Å²) in [5.41, 5.74) is 0.799. The molecule has 0 atom stereocenters. The number of carbonyl (C=O) groups excluding carboxylic acids is 2. The highest BCUT2D eigenvalue weighted by atomic mass is 127. The fraction of sp³-hybridized carbons (Fsp3) is 0.250. The smallest absolute Gasteiger partial charge is 0.363 e. The first kappa shape index (κ1) is 20.9. The third-order valence-electron chi connectivity index (χ3n) is 3.63. The van der Waals surface area contributed by atoms with E-state index in [2.05, 4.69) is 27.6 Å². The van der Waals surface area contributed by atoms with Crippen molar-refractivity contribution >= 4 is 46.5 Å². The quantitative estimate of drug-likeness (QED) is 0.304. The molecule has 1 aromatic heterocycles. The van der Waals surface area contributed by atoms with Gasteiger partial charge in [-0.25, -0.2) is 14.6 Å². The van der Waals surface area contributed by atoms with Crippen molar-refractivity contribution in [1.82, 2.24) is 0 Å². The number of rotatable bonds is 8. The molecule has 2 heterocycles. The number of cyclic esters (lactones) is 1. The lowest BCUT2D eigenvalue weighted by Crippen LogP contribution is -2.15. The fourth-order valence-corrected chi connectivity index (χ4v) is 3.26. The van der Waals surface area contributed by atoms with Gasteiger partial charge in [0, 0.05) is 0 Å². The standard InChI is InChI=1S/C20H18INO7/c1-3-25-16-10-12(8-13(21)18(16)28-11-17(23)26-4-2)9-14-20(24)29-19(22-14)15-6-5-7-27-15/h5-10H,3-4,11H2,1-2H3. The summed E-state index contributed by atoms with van der Waals surface area (Å²) < 4.78 is 27.2. The number of hydrogen-bond acceptors (Lipinski definition) is 8. The zero-order valence-electron chi connectivity index (χ0n) is 15.8. The van der Waals surface area contributed by atoms with Crippen LogP contribution in [0.25, 0.3) is 6.08 Å². The van der Waals surface area contributed by atoms with Gasteiger partial charge < -0.3 is 23.4 Å². The van der Waals surface area contributed by atoms with E-state index in [4.69, 9.17) is 23.4 Å². The molecule has 0 unspecified atom stereocenters. The predicted octanol–water partition coefficient (Wildman–Crippen LogP) is 3.57. The molecule has 0 radical (unpaired) electrons. The summed E-state index contributed by atoms with van der Waals surface area (Å²) in [4.78, 5) is 27.9. The molecule has 0 bridgehead atoms. The molecule has 0 saturated carbocycles. The van der Waals surface area contributed by atoms with Gasteiger partial charge >= 0.3 is 11.9 Å². The number of nitrogens with zero attached hydrogens (tertiary/aromatic N) is 1. The molecule has 152 valence electrons. The molecular formula is C20H18INO7. The monoisotopic (exact) mass is 511 g/mol. The van der Waals surface area contributed by atoms with Crippen LogP contribution in [0.15, 0.2) is 45.6 Å². The minimum atomic E-state index is -0.577.